The molecule has 0 radical (unpaired) electrons. The largest absolute Gasteiger partial charge is 0.364 e. The van der Waals surface area contributed by atoms with Crippen LogP contribution in [-0.2, 0) is 10.3 Å². The van der Waals surface area contributed by atoms with Crippen LogP contribution in [0, 0.1) is 0 Å². The molecule has 1 aliphatic heterocycles. The molecule has 1 atom stereocenters. The summed E-state index contributed by atoms with van der Waals surface area (Å²) in [6.07, 6.45) is 4.98. The van der Waals surface area contributed by atoms with Gasteiger partial charge in [0.15, 0.2) is 0 Å². The number of epoxide rings is 1. The molecule has 0 aromatic heterocycles. The van der Waals surface area contributed by atoms with E-state index in [0.29, 0.717) is 10.0 Å². The van der Waals surface area contributed by atoms with Crippen molar-refractivity contribution in [3.63, 3.8) is 0 Å². The van der Waals surface area contributed by atoms with Crippen LogP contribution in [0.3, 0.4) is 0 Å². The molecule has 1 nitrogen and oxygen atoms in total. The number of rotatable bonds is 3. The average Bonchev–Trinajstić information content (AvgIpc) is 2.96. The van der Waals surface area contributed by atoms with Crippen molar-refractivity contribution in [3.8, 4) is 0 Å². The summed E-state index contributed by atoms with van der Waals surface area (Å²) in [6, 6.07) is 5.56. The minimum atomic E-state index is -0.200. The lowest BCUT2D eigenvalue weighted by atomic mass is 9.96. The Morgan fingerprint density at radius 3 is 2.73 bits per heavy atom. The van der Waals surface area contributed by atoms with E-state index in [9.17, 15) is 0 Å². The van der Waals surface area contributed by atoms with Crippen molar-refractivity contribution in [1.29, 1.82) is 0 Å². The lowest BCUT2D eigenvalue weighted by Gasteiger charge is -2.11. The number of benzene rings is 1. The van der Waals surface area contributed by atoms with Crippen LogP contribution in [0.5, 0.6) is 0 Å². The number of ether oxygens (including phenoxy) is 1. The van der Waals surface area contributed by atoms with Crippen LogP contribution in [0.1, 0.15) is 18.9 Å². The van der Waals surface area contributed by atoms with E-state index < -0.39 is 0 Å². The first kappa shape index (κ1) is 11.0. The van der Waals surface area contributed by atoms with Gasteiger partial charge in [-0.3, -0.25) is 0 Å². The zero-order valence-corrected chi connectivity index (χ0v) is 9.98. The van der Waals surface area contributed by atoms with Gasteiger partial charge in [-0.2, -0.15) is 0 Å². The summed E-state index contributed by atoms with van der Waals surface area (Å²) >= 11 is 12.0. The van der Waals surface area contributed by atoms with Gasteiger partial charge in [-0.05, 0) is 19.1 Å². The lowest BCUT2D eigenvalue weighted by molar-refractivity contribution is 0.310. The quantitative estimate of drug-likeness (QED) is 0.573. The molecule has 1 aliphatic rings. The van der Waals surface area contributed by atoms with Gasteiger partial charge in [0.2, 0.25) is 0 Å². The van der Waals surface area contributed by atoms with Crippen molar-refractivity contribution in [2.45, 2.75) is 18.9 Å². The summed E-state index contributed by atoms with van der Waals surface area (Å²) < 4.78 is 5.53. The van der Waals surface area contributed by atoms with Gasteiger partial charge in [0.1, 0.15) is 5.60 Å². The Morgan fingerprint density at radius 2 is 2.20 bits per heavy atom. The Labute approximate surface area is 99.6 Å². The number of halogens is 2. The van der Waals surface area contributed by atoms with E-state index in [4.69, 9.17) is 27.9 Å². The highest BCUT2D eigenvalue weighted by Gasteiger charge is 2.46. The van der Waals surface area contributed by atoms with E-state index in [1.165, 1.54) is 0 Å². The standard InChI is InChI=1S/C12H12Cl2O/c1-2-3-6-12(8-15-12)10-5-4-9(13)7-11(10)14/h2-5,7H,6,8H2,1H3. The first-order chi connectivity index (χ1) is 7.18. The maximum Gasteiger partial charge on any atom is 0.121 e. The van der Waals surface area contributed by atoms with Gasteiger partial charge in [0.05, 0.1) is 6.61 Å². The number of hydrogen-bond donors (Lipinski definition) is 0. The normalized spacial score (nSPS) is 24.7. The first-order valence-electron chi connectivity index (χ1n) is 4.88. The fourth-order valence-electron chi connectivity index (χ4n) is 1.64. The zero-order chi connectivity index (χ0) is 10.9. The molecule has 0 aliphatic carbocycles. The van der Waals surface area contributed by atoms with E-state index in [-0.39, 0.29) is 5.60 Å². The topological polar surface area (TPSA) is 12.5 Å². The second-order valence-electron chi connectivity index (χ2n) is 3.68. The summed E-state index contributed by atoms with van der Waals surface area (Å²) in [7, 11) is 0. The summed E-state index contributed by atoms with van der Waals surface area (Å²) in [5.41, 5.74) is 0.834. The summed E-state index contributed by atoms with van der Waals surface area (Å²) in [6.45, 7) is 2.73. The minimum Gasteiger partial charge on any atom is -0.364 e. The fourth-order valence-corrected chi connectivity index (χ4v) is 2.22. The van der Waals surface area contributed by atoms with Crippen molar-refractivity contribution in [3.05, 3.63) is 46.0 Å². The molecular formula is C12H12Cl2O. The molecule has 3 heteroatoms. The van der Waals surface area contributed by atoms with Crippen LogP contribution < -0.4 is 0 Å². The third kappa shape index (κ3) is 2.20. The van der Waals surface area contributed by atoms with Gasteiger partial charge < -0.3 is 4.74 Å². The summed E-state index contributed by atoms with van der Waals surface area (Å²) in [5, 5.41) is 1.34. The van der Waals surface area contributed by atoms with Crippen molar-refractivity contribution >= 4 is 23.2 Å². The Morgan fingerprint density at radius 1 is 1.47 bits per heavy atom. The van der Waals surface area contributed by atoms with Gasteiger partial charge in [0.25, 0.3) is 0 Å². The van der Waals surface area contributed by atoms with E-state index in [2.05, 4.69) is 6.08 Å². The van der Waals surface area contributed by atoms with Crippen molar-refractivity contribution < 1.29 is 4.74 Å². The summed E-state index contributed by atoms with van der Waals surface area (Å²) in [4.78, 5) is 0. The number of allylic oxidation sites excluding steroid dienone is 1. The molecule has 1 unspecified atom stereocenters. The molecule has 0 saturated carbocycles. The van der Waals surface area contributed by atoms with Crippen LogP contribution in [0.15, 0.2) is 30.4 Å². The molecule has 15 heavy (non-hydrogen) atoms. The van der Waals surface area contributed by atoms with Gasteiger partial charge in [0, 0.05) is 22.0 Å². The monoisotopic (exact) mass is 242 g/mol. The number of hydrogen-bond acceptors (Lipinski definition) is 1. The third-order valence-electron chi connectivity index (χ3n) is 2.60. The van der Waals surface area contributed by atoms with Crippen LogP contribution in [0.25, 0.3) is 0 Å². The molecule has 0 spiro atoms. The Hall–Kier alpha value is -0.500. The minimum absolute atomic E-state index is 0.200. The van der Waals surface area contributed by atoms with Gasteiger partial charge in [-0.1, -0.05) is 41.4 Å². The Bertz CT molecular complexity index is 395. The second kappa shape index (κ2) is 4.17. The van der Waals surface area contributed by atoms with Crippen molar-refractivity contribution in [2.75, 3.05) is 6.61 Å². The van der Waals surface area contributed by atoms with Gasteiger partial charge >= 0.3 is 0 Å². The van der Waals surface area contributed by atoms with Crippen LogP contribution >= 0.6 is 23.2 Å². The molecule has 0 amide bonds. The SMILES string of the molecule is CC=CCC1(c2ccc(Cl)cc2Cl)CO1. The van der Waals surface area contributed by atoms with E-state index in [1.54, 1.807) is 6.07 Å². The third-order valence-corrected chi connectivity index (χ3v) is 3.15. The zero-order valence-electron chi connectivity index (χ0n) is 8.47. The second-order valence-corrected chi connectivity index (χ2v) is 4.52. The molecule has 1 fully saturated rings. The van der Waals surface area contributed by atoms with E-state index >= 15 is 0 Å². The lowest BCUT2D eigenvalue weighted by Crippen LogP contribution is -2.07. The molecule has 1 aromatic rings. The smallest absolute Gasteiger partial charge is 0.121 e. The van der Waals surface area contributed by atoms with E-state index in [0.717, 1.165) is 18.6 Å². The molecule has 1 aromatic carbocycles. The summed E-state index contributed by atoms with van der Waals surface area (Å²) in [5.74, 6) is 0. The van der Waals surface area contributed by atoms with Crippen LogP contribution in [0.4, 0.5) is 0 Å². The van der Waals surface area contributed by atoms with Crippen molar-refractivity contribution in [2.24, 2.45) is 0 Å². The Kier molecular flexibility index (Phi) is 3.06. The molecule has 1 heterocycles. The maximum absolute atomic E-state index is 6.14. The van der Waals surface area contributed by atoms with Crippen LogP contribution in [0.2, 0.25) is 10.0 Å². The molecule has 80 valence electrons. The molecule has 1 saturated heterocycles. The molecular weight excluding hydrogens is 231 g/mol. The van der Waals surface area contributed by atoms with Crippen LogP contribution in [-0.4, -0.2) is 6.61 Å². The van der Waals surface area contributed by atoms with Gasteiger partial charge in [-0.25, -0.2) is 0 Å². The predicted octanol–water partition coefficient (Wildman–Crippen LogP) is 4.19. The van der Waals surface area contributed by atoms with Gasteiger partial charge in [-0.15, -0.1) is 0 Å². The predicted molar refractivity (Wildman–Crippen MR) is 63.5 cm³/mol. The molecule has 2 rings (SSSR count). The maximum atomic E-state index is 6.14. The Balaban J connectivity index is 2.29. The highest BCUT2D eigenvalue weighted by atomic mass is 35.5. The highest BCUT2D eigenvalue weighted by molar-refractivity contribution is 6.35. The average molecular weight is 243 g/mol. The fraction of sp³-hybridized carbons (Fsp3) is 0.333. The van der Waals surface area contributed by atoms with E-state index in [1.807, 2.05) is 25.1 Å². The highest BCUT2D eigenvalue weighted by Crippen LogP contribution is 2.45. The first-order valence-corrected chi connectivity index (χ1v) is 5.64. The molecule has 0 N–H and O–H groups in total. The molecule has 0 bridgehead atoms. The van der Waals surface area contributed by atoms with Crippen molar-refractivity contribution in [1.82, 2.24) is 0 Å².